The van der Waals surface area contributed by atoms with Crippen LogP contribution in [0.2, 0.25) is 0 Å². The SMILES string of the molecule is CN(Cc1ccc(F)cc1F)C(=O)C(N)CC(N)=O.Cl. The Morgan fingerprint density at radius 3 is 2.45 bits per heavy atom. The molecule has 1 rings (SSSR count). The Hall–Kier alpha value is -1.73. The summed E-state index contributed by atoms with van der Waals surface area (Å²) in [7, 11) is 1.41. The van der Waals surface area contributed by atoms with Crippen LogP contribution in [0.3, 0.4) is 0 Å². The zero-order valence-electron chi connectivity index (χ0n) is 10.8. The Kier molecular flexibility index (Phi) is 7.09. The number of benzene rings is 1. The Morgan fingerprint density at radius 1 is 1.35 bits per heavy atom. The summed E-state index contributed by atoms with van der Waals surface area (Å²) >= 11 is 0. The van der Waals surface area contributed by atoms with Crippen LogP contribution >= 0.6 is 12.4 Å². The van der Waals surface area contributed by atoms with Gasteiger partial charge in [0.1, 0.15) is 11.6 Å². The van der Waals surface area contributed by atoms with Crippen molar-refractivity contribution in [2.75, 3.05) is 7.05 Å². The molecule has 0 radical (unpaired) electrons. The molecule has 0 aliphatic carbocycles. The van der Waals surface area contributed by atoms with E-state index in [-0.39, 0.29) is 30.9 Å². The second-order valence-corrected chi connectivity index (χ2v) is 4.21. The highest BCUT2D eigenvalue weighted by Crippen LogP contribution is 2.12. The van der Waals surface area contributed by atoms with Gasteiger partial charge >= 0.3 is 0 Å². The summed E-state index contributed by atoms with van der Waals surface area (Å²) in [5.74, 6) is -2.67. The van der Waals surface area contributed by atoms with Crippen molar-refractivity contribution < 1.29 is 18.4 Å². The molecule has 1 aromatic rings. The number of amides is 2. The average molecular weight is 308 g/mol. The lowest BCUT2D eigenvalue weighted by molar-refractivity contribution is -0.134. The van der Waals surface area contributed by atoms with Crippen LogP contribution < -0.4 is 11.5 Å². The van der Waals surface area contributed by atoms with E-state index in [1.807, 2.05) is 0 Å². The molecule has 1 atom stereocenters. The molecule has 1 unspecified atom stereocenters. The lowest BCUT2D eigenvalue weighted by atomic mass is 10.1. The van der Waals surface area contributed by atoms with Gasteiger partial charge in [-0.3, -0.25) is 9.59 Å². The first-order valence-electron chi connectivity index (χ1n) is 5.54. The van der Waals surface area contributed by atoms with Crippen molar-refractivity contribution >= 4 is 24.2 Å². The number of hydrogen-bond acceptors (Lipinski definition) is 3. The number of nitrogens with zero attached hydrogens (tertiary/aromatic N) is 1. The number of carbonyl (C=O) groups excluding carboxylic acids is 2. The number of carbonyl (C=O) groups is 2. The number of primary amides is 1. The van der Waals surface area contributed by atoms with Gasteiger partial charge in [-0.25, -0.2) is 8.78 Å². The van der Waals surface area contributed by atoms with Gasteiger partial charge in [-0.15, -0.1) is 12.4 Å². The van der Waals surface area contributed by atoms with Crippen LogP contribution in [0.1, 0.15) is 12.0 Å². The highest BCUT2D eigenvalue weighted by molar-refractivity contribution is 5.87. The van der Waals surface area contributed by atoms with E-state index in [2.05, 4.69) is 0 Å². The van der Waals surface area contributed by atoms with Crippen LogP contribution in [0, 0.1) is 11.6 Å². The largest absolute Gasteiger partial charge is 0.370 e. The Bertz CT molecular complexity index is 500. The van der Waals surface area contributed by atoms with E-state index in [4.69, 9.17) is 11.5 Å². The van der Waals surface area contributed by atoms with E-state index in [9.17, 15) is 18.4 Å². The van der Waals surface area contributed by atoms with Gasteiger partial charge in [0.15, 0.2) is 0 Å². The molecule has 5 nitrogen and oxygen atoms in total. The molecule has 0 aliphatic heterocycles. The summed E-state index contributed by atoms with van der Waals surface area (Å²) in [6.45, 7) is -0.0720. The van der Waals surface area contributed by atoms with Gasteiger partial charge in [0.25, 0.3) is 0 Å². The molecule has 0 aliphatic rings. The molecule has 112 valence electrons. The molecule has 2 amide bonds. The molecule has 20 heavy (non-hydrogen) atoms. The van der Waals surface area contributed by atoms with Gasteiger partial charge in [0, 0.05) is 25.2 Å². The molecule has 1 aromatic carbocycles. The van der Waals surface area contributed by atoms with Crippen molar-refractivity contribution in [2.24, 2.45) is 11.5 Å². The van der Waals surface area contributed by atoms with Gasteiger partial charge in [-0.2, -0.15) is 0 Å². The van der Waals surface area contributed by atoms with Crippen LogP contribution in [-0.4, -0.2) is 29.8 Å². The minimum absolute atomic E-state index is 0. The first-order valence-corrected chi connectivity index (χ1v) is 5.54. The van der Waals surface area contributed by atoms with Crippen molar-refractivity contribution in [3.05, 3.63) is 35.4 Å². The molecule has 0 aromatic heterocycles. The van der Waals surface area contributed by atoms with Gasteiger partial charge in [-0.1, -0.05) is 6.07 Å². The Labute approximate surface area is 121 Å². The molecule has 0 bridgehead atoms. The predicted octanol–water partition coefficient (Wildman–Crippen LogP) is 0.548. The monoisotopic (exact) mass is 307 g/mol. The number of hydrogen-bond donors (Lipinski definition) is 2. The molecular weight excluding hydrogens is 292 g/mol. The zero-order valence-corrected chi connectivity index (χ0v) is 11.6. The smallest absolute Gasteiger partial charge is 0.240 e. The molecular formula is C12H16ClF2N3O2. The summed E-state index contributed by atoms with van der Waals surface area (Å²) in [5, 5.41) is 0. The van der Waals surface area contributed by atoms with Gasteiger partial charge in [-0.05, 0) is 6.07 Å². The maximum atomic E-state index is 13.4. The normalized spacial score (nSPS) is 11.4. The Morgan fingerprint density at radius 2 is 1.95 bits per heavy atom. The highest BCUT2D eigenvalue weighted by Gasteiger charge is 2.20. The number of rotatable bonds is 5. The minimum Gasteiger partial charge on any atom is -0.370 e. The van der Waals surface area contributed by atoms with Crippen LogP contribution in [0.4, 0.5) is 8.78 Å². The second-order valence-electron chi connectivity index (χ2n) is 4.21. The number of halogens is 3. The summed E-state index contributed by atoms with van der Waals surface area (Å²) in [5.41, 5.74) is 10.6. The van der Waals surface area contributed by atoms with Crippen LogP contribution in [0.25, 0.3) is 0 Å². The number of likely N-dealkylation sites (N-methyl/N-ethyl adjacent to an activating group) is 1. The maximum Gasteiger partial charge on any atom is 0.240 e. The van der Waals surface area contributed by atoms with E-state index < -0.39 is 29.5 Å². The molecule has 0 fully saturated rings. The first kappa shape index (κ1) is 18.3. The van der Waals surface area contributed by atoms with Gasteiger partial charge in [0.05, 0.1) is 12.5 Å². The van der Waals surface area contributed by atoms with Crippen molar-refractivity contribution in [3.63, 3.8) is 0 Å². The van der Waals surface area contributed by atoms with E-state index >= 15 is 0 Å². The standard InChI is InChI=1S/C12H15F2N3O2.ClH/c1-17(12(19)10(15)5-11(16)18)6-7-2-3-8(13)4-9(7)14;/h2-4,10H,5-6,15H2,1H3,(H2,16,18);1H. The molecule has 0 saturated carbocycles. The lowest BCUT2D eigenvalue weighted by Crippen LogP contribution is -2.43. The van der Waals surface area contributed by atoms with Gasteiger partial charge < -0.3 is 16.4 Å². The average Bonchev–Trinajstić information content (AvgIpc) is 2.30. The summed E-state index contributed by atoms with van der Waals surface area (Å²) in [6, 6.07) is 2.01. The fourth-order valence-electron chi connectivity index (χ4n) is 1.57. The van der Waals surface area contributed by atoms with Crippen LogP contribution in [-0.2, 0) is 16.1 Å². The van der Waals surface area contributed by atoms with E-state index in [1.54, 1.807) is 0 Å². The van der Waals surface area contributed by atoms with E-state index in [0.717, 1.165) is 17.0 Å². The lowest BCUT2D eigenvalue weighted by Gasteiger charge is -2.21. The summed E-state index contributed by atoms with van der Waals surface area (Å²) < 4.78 is 26.1. The molecule has 4 N–H and O–H groups in total. The second kappa shape index (κ2) is 7.76. The summed E-state index contributed by atoms with van der Waals surface area (Å²) in [6.07, 6.45) is -0.283. The van der Waals surface area contributed by atoms with Crippen molar-refractivity contribution in [1.82, 2.24) is 4.90 Å². The third kappa shape index (κ3) is 5.10. The van der Waals surface area contributed by atoms with Crippen LogP contribution in [0.15, 0.2) is 18.2 Å². The highest BCUT2D eigenvalue weighted by atomic mass is 35.5. The van der Waals surface area contributed by atoms with Crippen molar-refractivity contribution in [2.45, 2.75) is 19.0 Å². The first-order chi connectivity index (χ1) is 8.81. The molecule has 0 saturated heterocycles. The predicted molar refractivity (Wildman–Crippen MR) is 71.9 cm³/mol. The molecule has 0 spiro atoms. The fraction of sp³-hybridized carbons (Fsp3) is 0.333. The van der Waals surface area contributed by atoms with E-state index in [0.29, 0.717) is 0 Å². The topological polar surface area (TPSA) is 89.4 Å². The number of nitrogens with two attached hydrogens (primary N) is 2. The molecule has 8 heteroatoms. The fourth-order valence-corrected chi connectivity index (χ4v) is 1.57. The van der Waals surface area contributed by atoms with Crippen molar-refractivity contribution in [3.8, 4) is 0 Å². The maximum absolute atomic E-state index is 13.4. The van der Waals surface area contributed by atoms with Crippen LogP contribution in [0.5, 0.6) is 0 Å². The third-order valence-corrected chi connectivity index (χ3v) is 2.54. The van der Waals surface area contributed by atoms with Crippen molar-refractivity contribution in [1.29, 1.82) is 0 Å². The minimum atomic E-state index is -1.06. The quantitative estimate of drug-likeness (QED) is 0.832. The third-order valence-electron chi connectivity index (χ3n) is 2.54. The molecule has 0 heterocycles. The van der Waals surface area contributed by atoms with E-state index in [1.165, 1.54) is 13.1 Å². The van der Waals surface area contributed by atoms with Gasteiger partial charge in [0.2, 0.25) is 11.8 Å². The Balaban J connectivity index is 0.00000361. The zero-order chi connectivity index (χ0) is 14.6. The summed E-state index contributed by atoms with van der Waals surface area (Å²) in [4.78, 5) is 23.6.